The molecule has 0 radical (unpaired) electrons. The van der Waals surface area contributed by atoms with Gasteiger partial charge in [-0.15, -0.1) is 0 Å². The van der Waals surface area contributed by atoms with Gasteiger partial charge < -0.3 is 19.3 Å². The van der Waals surface area contributed by atoms with Crippen LogP contribution in [0.5, 0.6) is 17.2 Å². The molecule has 0 bridgehead atoms. The van der Waals surface area contributed by atoms with E-state index in [1.165, 1.54) is 29.1 Å². The number of hydrogen-bond acceptors (Lipinski definition) is 8. The minimum atomic E-state index is -0.761. The summed E-state index contributed by atoms with van der Waals surface area (Å²) in [4.78, 5) is 31.6. The molecule has 0 aliphatic carbocycles. The maximum Gasteiger partial charge on any atom is 0.338 e. The van der Waals surface area contributed by atoms with Gasteiger partial charge in [0.15, 0.2) is 16.3 Å². The van der Waals surface area contributed by atoms with Crippen LogP contribution in [0.3, 0.4) is 0 Å². The Bertz CT molecular complexity index is 1470. The fourth-order valence-corrected chi connectivity index (χ4v) is 4.96. The standard InChI is InChI=1S/C25H24N2O6S/c1-5-33-24(30)21-14(2)26-25-27(22(21)16-8-6-7-9-18(16)31-3)23(29)20(34-25)13-15-10-11-17(28)19(12-15)32-4/h6-13,22,28H,5H2,1-4H3/b20-13+. The van der Waals surface area contributed by atoms with Gasteiger partial charge in [0.25, 0.3) is 5.56 Å². The molecule has 1 aliphatic rings. The van der Waals surface area contributed by atoms with Crippen LogP contribution in [0.1, 0.15) is 31.0 Å². The number of phenolic OH excluding ortho intramolecular Hbond substituents is 1. The summed E-state index contributed by atoms with van der Waals surface area (Å²) in [7, 11) is 3.00. The SMILES string of the molecule is CCOC(=O)C1=C(C)N=c2s/c(=C/c3ccc(O)c(OC)c3)c(=O)n2C1c1ccccc1OC. The first-order chi connectivity index (χ1) is 16.4. The molecule has 0 saturated heterocycles. The number of carbonyl (C=O) groups excluding carboxylic acids is 1. The van der Waals surface area contributed by atoms with Gasteiger partial charge in [0.05, 0.1) is 36.6 Å². The maximum absolute atomic E-state index is 13.6. The molecule has 0 saturated carbocycles. The zero-order chi connectivity index (χ0) is 24.4. The number of rotatable bonds is 6. The van der Waals surface area contributed by atoms with Crippen LogP contribution in [0.4, 0.5) is 0 Å². The number of benzene rings is 2. The van der Waals surface area contributed by atoms with Crippen molar-refractivity contribution in [3.8, 4) is 17.2 Å². The lowest BCUT2D eigenvalue weighted by Gasteiger charge is -2.25. The predicted molar refractivity (Wildman–Crippen MR) is 128 cm³/mol. The van der Waals surface area contributed by atoms with E-state index in [1.807, 2.05) is 18.2 Å². The second-order valence-corrected chi connectivity index (χ2v) is 8.48. The van der Waals surface area contributed by atoms with E-state index in [0.29, 0.717) is 37.7 Å². The minimum absolute atomic E-state index is 0.00647. The first-order valence-electron chi connectivity index (χ1n) is 10.6. The fourth-order valence-electron chi connectivity index (χ4n) is 3.91. The van der Waals surface area contributed by atoms with Crippen LogP contribution in [0, 0.1) is 0 Å². The van der Waals surface area contributed by atoms with Crippen LogP contribution in [-0.2, 0) is 9.53 Å². The lowest BCUT2D eigenvalue weighted by atomic mass is 9.95. The van der Waals surface area contributed by atoms with Gasteiger partial charge in [0, 0.05) is 5.56 Å². The van der Waals surface area contributed by atoms with Crippen molar-refractivity contribution in [1.29, 1.82) is 0 Å². The molecular formula is C25H24N2O6S. The molecular weight excluding hydrogens is 456 g/mol. The molecule has 1 aromatic heterocycles. The molecule has 2 heterocycles. The molecule has 1 atom stereocenters. The number of thiazole rings is 1. The molecule has 4 rings (SSSR count). The van der Waals surface area contributed by atoms with Crippen LogP contribution >= 0.6 is 11.3 Å². The van der Waals surface area contributed by atoms with Crippen molar-refractivity contribution in [2.45, 2.75) is 19.9 Å². The number of phenols is 1. The molecule has 2 aromatic carbocycles. The van der Waals surface area contributed by atoms with Crippen LogP contribution in [-0.4, -0.2) is 36.5 Å². The number of carbonyl (C=O) groups is 1. The number of fused-ring (bicyclic) bond motifs is 1. The Morgan fingerprint density at radius 1 is 1.18 bits per heavy atom. The molecule has 0 spiro atoms. The number of hydrogen-bond donors (Lipinski definition) is 1. The Morgan fingerprint density at radius 3 is 2.62 bits per heavy atom. The number of ether oxygens (including phenoxy) is 3. The quantitative estimate of drug-likeness (QED) is 0.545. The van der Waals surface area contributed by atoms with Crippen molar-refractivity contribution in [3.05, 3.63) is 84.5 Å². The van der Waals surface area contributed by atoms with Crippen molar-refractivity contribution in [3.63, 3.8) is 0 Å². The van der Waals surface area contributed by atoms with Gasteiger partial charge in [-0.05, 0) is 43.7 Å². The average Bonchev–Trinajstić information content (AvgIpc) is 3.13. The Morgan fingerprint density at radius 2 is 1.91 bits per heavy atom. The number of para-hydroxylation sites is 1. The second kappa shape index (κ2) is 9.56. The summed E-state index contributed by atoms with van der Waals surface area (Å²) in [6, 6.07) is 11.3. The first kappa shape index (κ1) is 23.3. The molecule has 1 unspecified atom stereocenters. The van der Waals surface area contributed by atoms with E-state index in [2.05, 4.69) is 4.99 Å². The molecule has 1 N–H and O–H groups in total. The summed E-state index contributed by atoms with van der Waals surface area (Å²) in [5.41, 5.74) is 1.79. The lowest BCUT2D eigenvalue weighted by molar-refractivity contribution is -0.139. The molecule has 0 fully saturated rings. The van der Waals surface area contributed by atoms with Crippen LogP contribution in [0.25, 0.3) is 6.08 Å². The summed E-state index contributed by atoms with van der Waals surface area (Å²) in [6.45, 7) is 3.66. The number of nitrogens with zero attached hydrogens (tertiary/aromatic N) is 2. The predicted octanol–water partition coefficient (Wildman–Crippen LogP) is 2.52. The molecule has 34 heavy (non-hydrogen) atoms. The van der Waals surface area contributed by atoms with Gasteiger partial charge in [-0.2, -0.15) is 0 Å². The zero-order valence-corrected chi connectivity index (χ0v) is 20.0. The van der Waals surface area contributed by atoms with E-state index in [0.717, 1.165) is 0 Å². The molecule has 1 aliphatic heterocycles. The van der Waals surface area contributed by atoms with Crippen molar-refractivity contribution >= 4 is 23.4 Å². The van der Waals surface area contributed by atoms with Gasteiger partial charge >= 0.3 is 5.97 Å². The fraction of sp³-hybridized carbons (Fsp3) is 0.240. The largest absolute Gasteiger partial charge is 0.504 e. The van der Waals surface area contributed by atoms with Crippen LogP contribution in [0.2, 0.25) is 0 Å². The number of allylic oxidation sites excluding steroid dienone is 1. The maximum atomic E-state index is 13.6. The average molecular weight is 481 g/mol. The second-order valence-electron chi connectivity index (χ2n) is 7.48. The third-order valence-electron chi connectivity index (χ3n) is 5.45. The van der Waals surface area contributed by atoms with Crippen LogP contribution in [0.15, 0.2) is 63.5 Å². The monoisotopic (exact) mass is 480 g/mol. The number of aromatic hydroxyl groups is 1. The first-order valence-corrected chi connectivity index (χ1v) is 11.4. The number of methoxy groups -OCH3 is 2. The molecule has 8 nitrogen and oxygen atoms in total. The van der Waals surface area contributed by atoms with Crippen molar-refractivity contribution in [1.82, 2.24) is 4.57 Å². The summed E-state index contributed by atoms with van der Waals surface area (Å²) >= 11 is 1.21. The lowest BCUT2D eigenvalue weighted by Crippen LogP contribution is -2.40. The molecule has 3 aromatic rings. The smallest absolute Gasteiger partial charge is 0.338 e. The summed E-state index contributed by atoms with van der Waals surface area (Å²) in [6.07, 6.45) is 1.70. The van der Waals surface area contributed by atoms with Crippen molar-refractivity contribution in [2.24, 2.45) is 4.99 Å². The van der Waals surface area contributed by atoms with Gasteiger partial charge in [0.1, 0.15) is 11.8 Å². The van der Waals surface area contributed by atoms with E-state index in [4.69, 9.17) is 14.2 Å². The summed E-state index contributed by atoms with van der Waals surface area (Å²) in [5.74, 6) is 0.319. The van der Waals surface area contributed by atoms with E-state index >= 15 is 0 Å². The molecule has 0 amide bonds. The van der Waals surface area contributed by atoms with Gasteiger partial charge in [0.2, 0.25) is 0 Å². The highest BCUT2D eigenvalue weighted by molar-refractivity contribution is 7.07. The normalized spacial score (nSPS) is 15.5. The number of esters is 1. The Kier molecular flexibility index (Phi) is 6.56. The third-order valence-corrected chi connectivity index (χ3v) is 6.44. The van der Waals surface area contributed by atoms with Crippen molar-refractivity contribution in [2.75, 3.05) is 20.8 Å². The molecule has 176 valence electrons. The van der Waals surface area contributed by atoms with Gasteiger partial charge in [-0.25, -0.2) is 9.79 Å². The summed E-state index contributed by atoms with van der Waals surface area (Å²) in [5, 5.41) is 9.87. The van der Waals surface area contributed by atoms with Gasteiger partial charge in [-0.3, -0.25) is 9.36 Å². The Labute approximate surface area is 199 Å². The minimum Gasteiger partial charge on any atom is -0.504 e. The van der Waals surface area contributed by atoms with E-state index in [9.17, 15) is 14.7 Å². The highest BCUT2D eigenvalue weighted by atomic mass is 32.1. The zero-order valence-electron chi connectivity index (χ0n) is 19.2. The topological polar surface area (TPSA) is 99.4 Å². The highest BCUT2D eigenvalue weighted by Gasteiger charge is 2.34. The molecule has 9 heteroatoms. The van der Waals surface area contributed by atoms with E-state index in [1.54, 1.807) is 45.2 Å². The van der Waals surface area contributed by atoms with E-state index in [-0.39, 0.29) is 23.5 Å². The van der Waals surface area contributed by atoms with E-state index < -0.39 is 12.0 Å². The Balaban J connectivity index is 1.97. The number of aromatic nitrogens is 1. The van der Waals surface area contributed by atoms with Crippen LogP contribution < -0.4 is 24.4 Å². The Hall–Kier alpha value is -3.85. The van der Waals surface area contributed by atoms with Crippen molar-refractivity contribution < 1.29 is 24.1 Å². The summed E-state index contributed by atoms with van der Waals surface area (Å²) < 4.78 is 18.0. The third kappa shape index (κ3) is 4.10. The highest BCUT2D eigenvalue weighted by Crippen LogP contribution is 2.35. The van der Waals surface area contributed by atoms with Gasteiger partial charge in [-0.1, -0.05) is 35.6 Å².